The Labute approximate surface area is 125 Å². The van der Waals surface area contributed by atoms with E-state index < -0.39 is 0 Å². The Hall–Kier alpha value is -2.01. The number of rotatable bonds is 5. The van der Waals surface area contributed by atoms with Gasteiger partial charge < -0.3 is 19.9 Å². The van der Waals surface area contributed by atoms with Crippen molar-refractivity contribution in [2.24, 2.45) is 0 Å². The highest BCUT2D eigenvalue weighted by Gasteiger charge is 2.20. The van der Waals surface area contributed by atoms with E-state index in [0.29, 0.717) is 0 Å². The summed E-state index contributed by atoms with van der Waals surface area (Å²) in [6.07, 6.45) is 5.89. The molecule has 2 N–H and O–H groups in total. The molecule has 0 atom stereocenters. The number of imidazole rings is 1. The highest BCUT2D eigenvalue weighted by molar-refractivity contribution is 5.54. The minimum Gasteiger partial charge on any atom is -0.398 e. The van der Waals surface area contributed by atoms with Crippen LogP contribution in [0, 0.1) is 0 Å². The van der Waals surface area contributed by atoms with Crippen LogP contribution in [-0.2, 0) is 24.2 Å². The fourth-order valence-electron chi connectivity index (χ4n) is 2.95. The molecular formula is C16H22N4O. The predicted molar refractivity (Wildman–Crippen MR) is 84.3 cm³/mol. The van der Waals surface area contributed by atoms with Crippen LogP contribution < -0.4 is 10.6 Å². The lowest BCUT2D eigenvalue weighted by Crippen LogP contribution is -2.33. The largest absolute Gasteiger partial charge is 0.398 e. The molecule has 0 saturated heterocycles. The van der Waals surface area contributed by atoms with Crippen LogP contribution in [0.1, 0.15) is 17.5 Å². The summed E-state index contributed by atoms with van der Waals surface area (Å²) in [6.45, 7) is 3.55. The second kappa shape index (κ2) is 6.18. The van der Waals surface area contributed by atoms with Crippen molar-refractivity contribution in [3.8, 4) is 0 Å². The molecule has 2 aromatic rings. The van der Waals surface area contributed by atoms with Gasteiger partial charge in [0.25, 0.3) is 0 Å². The van der Waals surface area contributed by atoms with Gasteiger partial charge in [-0.2, -0.15) is 0 Å². The summed E-state index contributed by atoms with van der Waals surface area (Å²) in [6, 6.07) is 6.18. The molecule has 112 valence electrons. The molecule has 0 unspecified atom stereocenters. The zero-order valence-electron chi connectivity index (χ0n) is 12.5. The van der Waals surface area contributed by atoms with Gasteiger partial charge in [0.1, 0.15) is 0 Å². The summed E-state index contributed by atoms with van der Waals surface area (Å²) < 4.78 is 7.33. The van der Waals surface area contributed by atoms with Gasteiger partial charge in [-0.1, -0.05) is 12.1 Å². The van der Waals surface area contributed by atoms with Crippen molar-refractivity contribution in [2.75, 3.05) is 30.9 Å². The molecule has 1 aromatic carbocycles. The van der Waals surface area contributed by atoms with E-state index in [4.69, 9.17) is 10.5 Å². The number of nitrogens with zero attached hydrogens (tertiary/aromatic N) is 3. The summed E-state index contributed by atoms with van der Waals surface area (Å²) in [5.41, 5.74) is 9.59. The fraction of sp³-hybridized carbons (Fsp3) is 0.438. The zero-order valence-corrected chi connectivity index (χ0v) is 12.5. The summed E-state index contributed by atoms with van der Waals surface area (Å²) in [4.78, 5) is 6.86. The normalized spacial score (nSPS) is 14.2. The second-order valence-electron chi connectivity index (χ2n) is 5.42. The number of fused-ring (bicyclic) bond motifs is 1. The first-order chi connectivity index (χ1) is 10.3. The van der Waals surface area contributed by atoms with E-state index in [9.17, 15) is 0 Å². The van der Waals surface area contributed by atoms with Crippen LogP contribution in [0.5, 0.6) is 0 Å². The summed E-state index contributed by atoms with van der Waals surface area (Å²) in [5, 5.41) is 0. The molecule has 0 saturated carbocycles. The number of nitrogen functional groups attached to an aromatic ring is 1. The number of nitrogens with two attached hydrogens (primary N) is 1. The molecular weight excluding hydrogens is 264 g/mol. The molecule has 0 fully saturated rings. The van der Waals surface area contributed by atoms with E-state index in [2.05, 4.69) is 20.5 Å². The number of hydrogen-bond acceptors (Lipinski definition) is 4. The molecule has 0 radical (unpaired) electrons. The first kappa shape index (κ1) is 13.9. The highest BCUT2D eigenvalue weighted by Crippen LogP contribution is 2.27. The van der Waals surface area contributed by atoms with Gasteiger partial charge in [0.2, 0.25) is 5.95 Å². The van der Waals surface area contributed by atoms with Crippen LogP contribution in [0.3, 0.4) is 0 Å². The van der Waals surface area contributed by atoms with Crippen molar-refractivity contribution in [3.63, 3.8) is 0 Å². The zero-order chi connectivity index (χ0) is 14.7. The third-order valence-corrected chi connectivity index (χ3v) is 4.03. The quantitative estimate of drug-likeness (QED) is 0.675. The predicted octanol–water partition coefficient (Wildman–Crippen LogP) is 2.06. The number of anilines is 2. The molecule has 5 heteroatoms. The van der Waals surface area contributed by atoms with Crippen LogP contribution in [0.25, 0.3) is 0 Å². The Bertz CT molecular complexity index is 608. The van der Waals surface area contributed by atoms with Gasteiger partial charge in [0.15, 0.2) is 0 Å². The van der Waals surface area contributed by atoms with E-state index in [1.54, 1.807) is 7.11 Å². The Balaban J connectivity index is 1.76. The maximum atomic E-state index is 6.06. The molecule has 0 bridgehead atoms. The Morgan fingerprint density at radius 3 is 3.14 bits per heavy atom. The summed E-state index contributed by atoms with van der Waals surface area (Å²) in [5.74, 6) is 1.04. The standard InChI is InChI=1S/C16H22N4O/c1-21-11-3-8-19-10-7-18-16(19)20-9-6-14-13(12-20)4-2-5-15(14)17/h2,4-5,7,10H,3,6,8-9,11-12,17H2,1H3. The van der Waals surface area contributed by atoms with Crippen molar-refractivity contribution >= 4 is 11.6 Å². The first-order valence-corrected chi connectivity index (χ1v) is 7.41. The monoisotopic (exact) mass is 286 g/mol. The number of benzene rings is 1. The molecule has 3 rings (SSSR count). The minimum atomic E-state index is 0.775. The molecule has 2 heterocycles. The van der Waals surface area contributed by atoms with Crippen LogP contribution in [0.4, 0.5) is 11.6 Å². The first-order valence-electron chi connectivity index (χ1n) is 7.41. The lowest BCUT2D eigenvalue weighted by atomic mass is 9.98. The van der Waals surface area contributed by atoms with E-state index in [-0.39, 0.29) is 0 Å². The van der Waals surface area contributed by atoms with Gasteiger partial charge in [-0.3, -0.25) is 0 Å². The molecule has 1 aliphatic heterocycles. The van der Waals surface area contributed by atoms with Crippen molar-refractivity contribution in [1.29, 1.82) is 0 Å². The van der Waals surface area contributed by atoms with Gasteiger partial charge >= 0.3 is 0 Å². The molecule has 1 aliphatic rings. The van der Waals surface area contributed by atoms with Crippen molar-refractivity contribution in [1.82, 2.24) is 9.55 Å². The minimum absolute atomic E-state index is 0.775. The van der Waals surface area contributed by atoms with Gasteiger partial charge in [0, 0.05) is 51.4 Å². The third-order valence-electron chi connectivity index (χ3n) is 4.03. The highest BCUT2D eigenvalue weighted by atomic mass is 16.5. The molecule has 1 aromatic heterocycles. The molecule has 0 spiro atoms. The summed E-state index contributed by atoms with van der Waals surface area (Å²) >= 11 is 0. The van der Waals surface area contributed by atoms with Crippen LogP contribution >= 0.6 is 0 Å². The van der Waals surface area contributed by atoms with Crippen molar-refractivity contribution < 1.29 is 4.74 Å². The Morgan fingerprint density at radius 2 is 2.29 bits per heavy atom. The van der Waals surface area contributed by atoms with Gasteiger partial charge in [-0.25, -0.2) is 4.98 Å². The van der Waals surface area contributed by atoms with Crippen LogP contribution in [0.2, 0.25) is 0 Å². The van der Waals surface area contributed by atoms with Crippen LogP contribution in [-0.4, -0.2) is 29.8 Å². The van der Waals surface area contributed by atoms with Gasteiger partial charge in [-0.05, 0) is 30.0 Å². The number of methoxy groups -OCH3 is 1. The maximum absolute atomic E-state index is 6.06. The second-order valence-corrected chi connectivity index (χ2v) is 5.42. The lowest BCUT2D eigenvalue weighted by Gasteiger charge is -2.30. The lowest BCUT2D eigenvalue weighted by molar-refractivity contribution is 0.190. The van der Waals surface area contributed by atoms with Gasteiger partial charge in [-0.15, -0.1) is 0 Å². The van der Waals surface area contributed by atoms with E-state index in [0.717, 1.165) is 50.7 Å². The van der Waals surface area contributed by atoms with Gasteiger partial charge in [0.05, 0.1) is 0 Å². The molecule has 0 aliphatic carbocycles. The number of hydrogen-bond donors (Lipinski definition) is 1. The Kier molecular flexibility index (Phi) is 4.10. The third kappa shape index (κ3) is 2.88. The molecule has 0 amide bonds. The fourth-order valence-corrected chi connectivity index (χ4v) is 2.95. The molecule has 5 nitrogen and oxygen atoms in total. The Morgan fingerprint density at radius 1 is 1.38 bits per heavy atom. The van der Waals surface area contributed by atoms with Crippen molar-refractivity contribution in [3.05, 3.63) is 41.7 Å². The van der Waals surface area contributed by atoms with E-state index in [1.165, 1.54) is 11.1 Å². The number of aromatic nitrogens is 2. The average Bonchev–Trinajstić information content (AvgIpc) is 2.96. The SMILES string of the molecule is COCCCn1ccnc1N1CCc2c(N)cccc2C1. The van der Waals surface area contributed by atoms with Crippen molar-refractivity contribution in [2.45, 2.75) is 25.9 Å². The summed E-state index contributed by atoms with van der Waals surface area (Å²) in [7, 11) is 1.74. The van der Waals surface area contributed by atoms with E-state index >= 15 is 0 Å². The maximum Gasteiger partial charge on any atom is 0.205 e. The smallest absolute Gasteiger partial charge is 0.205 e. The number of ether oxygens (including phenoxy) is 1. The number of aryl methyl sites for hydroxylation is 1. The van der Waals surface area contributed by atoms with Crippen LogP contribution in [0.15, 0.2) is 30.6 Å². The average molecular weight is 286 g/mol. The molecule has 21 heavy (non-hydrogen) atoms. The van der Waals surface area contributed by atoms with E-state index in [1.807, 2.05) is 24.5 Å². The topological polar surface area (TPSA) is 56.3 Å².